The number of halogens is 1. The molecule has 1 aromatic carbocycles. The van der Waals surface area contributed by atoms with E-state index in [0.29, 0.717) is 13.0 Å². The molecule has 1 fully saturated rings. The minimum atomic E-state index is -0.422. The summed E-state index contributed by atoms with van der Waals surface area (Å²) in [5, 5.41) is 7.57. The summed E-state index contributed by atoms with van der Waals surface area (Å²) in [4.78, 5) is 12.5. The van der Waals surface area contributed by atoms with E-state index in [1.54, 1.807) is 12.1 Å². The van der Waals surface area contributed by atoms with Gasteiger partial charge in [-0.2, -0.15) is 5.10 Å². The lowest BCUT2D eigenvalue weighted by Crippen LogP contribution is -2.44. The third-order valence-electron chi connectivity index (χ3n) is 4.87. The van der Waals surface area contributed by atoms with Crippen molar-refractivity contribution in [1.82, 2.24) is 15.1 Å². The third kappa shape index (κ3) is 3.50. The molecule has 0 aliphatic heterocycles. The fourth-order valence-corrected chi connectivity index (χ4v) is 3.69. The van der Waals surface area contributed by atoms with E-state index in [1.807, 2.05) is 30.7 Å². The Bertz CT molecular complexity index is 732. The maximum atomic E-state index is 13.6. The highest BCUT2D eigenvalue weighted by Gasteiger charge is 2.37. The van der Waals surface area contributed by atoms with E-state index in [2.05, 4.69) is 10.4 Å². The zero-order chi connectivity index (χ0) is 17.2. The Hall–Kier alpha value is -2.17. The number of aryl methyl sites for hydroxylation is 3. The standard InChI is InChI=1S/C19H24FN3O/c1-14-12-15(2)23(22-14)11-8-18(24)21-19(9-3-4-10-19)16-6-5-7-17(20)13-16/h5-7,12-13H,3-4,8-11H2,1-2H3,(H,21,24). The monoisotopic (exact) mass is 329 g/mol. The van der Waals surface area contributed by atoms with Gasteiger partial charge in [-0.25, -0.2) is 4.39 Å². The van der Waals surface area contributed by atoms with Gasteiger partial charge in [-0.1, -0.05) is 25.0 Å². The van der Waals surface area contributed by atoms with Crippen molar-refractivity contribution in [1.29, 1.82) is 0 Å². The Morgan fingerprint density at radius 1 is 1.29 bits per heavy atom. The van der Waals surface area contributed by atoms with Gasteiger partial charge in [0.2, 0.25) is 5.91 Å². The number of amides is 1. The average Bonchev–Trinajstić information content (AvgIpc) is 3.12. The van der Waals surface area contributed by atoms with Gasteiger partial charge in [0.05, 0.1) is 11.2 Å². The Morgan fingerprint density at radius 2 is 2.04 bits per heavy atom. The van der Waals surface area contributed by atoms with E-state index in [1.165, 1.54) is 6.07 Å². The third-order valence-corrected chi connectivity index (χ3v) is 4.87. The van der Waals surface area contributed by atoms with Gasteiger partial charge in [0.25, 0.3) is 0 Å². The molecule has 0 atom stereocenters. The van der Waals surface area contributed by atoms with Crippen LogP contribution in [0.15, 0.2) is 30.3 Å². The number of carbonyl (C=O) groups is 1. The number of rotatable bonds is 5. The van der Waals surface area contributed by atoms with Crippen LogP contribution in [0.4, 0.5) is 4.39 Å². The normalized spacial score (nSPS) is 16.3. The van der Waals surface area contributed by atoms with Crippen LogP contribution in [0, 0.1) is 19.7 Å². The van der Waals surface area contributed by atoms with Crippen molar-refractivity contribution in [2.24, 2.45) is 0 Å². The van der Waals surface area contributed by atoms with Crippen molar-refractivity contribution < 1.29 is 9.18 Å². The molecule has 0 unspecified atom stereocenters. The number of hydrogen-bond acceptors (Lipinski definition) is 2. The molecule has 1 saturated carbocycles. The number of carbonyl (C=O) groups excluding carboxylic acids is 1. The van der Waals surface area contributed by atoms with Crippen molar-refractivity contribution in [3.05, 3.63) is 53.1 Å². The van der Waals surface area contributed by atoms with E-state index < -0.39 is 5.54 Å². The predicted octanol–water partition coefficient (Wildman–Crippen LogP) is 3.61. The summed E-state index contributed by atoms with van der Waals surface area (Å²) in [6.07, 6.45) is 4.20. The Labute approximate surface area is 142 Å². The quantitative estimate of drug-likeness (QED) is 0.911. The van der Waals surface area contributed by atoms with Crippen molar-refractivity contribution in [2.75, 3.05) is 0 Å². The van der Waals surface area contributed by atoms with E-state index in [4.69, 9.17) is 0 Å². The first-order chi connectivity index (χ1) is 11.5. The molecule has 1 N–H and O–H groups in total. The molecule has 0 bridgehead atoms. The number of aromatic nitrogens is 2. The van der Waals surface area contributed by atoms with Crippen LogP contribution in [0.3, 0.4) is 0 Å². The van der Waals surface area contributed by atoms with E-state index in [-0.39, 0.29) is 11.7 Å². The van der Waals surface area contributed by atoms with Gasteiger partial charge in [0.15, 0.2) is 0 Å². The highest BCUT2D eigenvalue weighted by Crippen LogP contribution is 2.39. The number of nitrogens with zero attached hydrogens (tertiary/aromatic N) is 2. The summed E-state index contributed by atoms with van der Waals surface area (Å²) in [6, 6.07) is 8.62. The highest BCUT2D eigenvalue weighted by molar-refractivity contribution is 5.77. The van der Waals surface area contributed by atoms with Gasteiger partial charge in [-0.3, -0.25) is 9.48 Å². The van der Waals surface area contributed by atoms with Crippen LogP contribution in [0.5, 0.6) is 0 Å². The largest absolute Gasteiger partial charge is 0.347 e. The molecule has 1 heterocycles. The smallest absolute Gasteiger partial charge is 0.222 e. The van der Waals surface area contributed by atoms with Gasteiger partial charge < -0.3 is 5.32 Å². The number of benzene rings is 1. The molecule has 1 aliphatic rings. The predicted molar refractivity (Wildman–Crippen MR) is 91.0 cm³/mol. The first-order valence-corrected chi connectivity index (χ1v) is 8.57. The van der Waals surface area contributed by atoms with Crippen LogP contribution in [-0.2, 0) is 16.9 Å². The Morgan fingerprint density at radius 3 is 2.67 bits per heavy atom. The summed E-state index contributed by atoms with van der Waals surface area (Å²) in [7, 11) is 0. The molecule has 4 nitrogen and oxygen atoms in total. The van der Waals surface area contributed by atoms with Crippen LogP contribution < -0.4 is 5.32 Å². The zero-order valence-corrected chi connectivity index (χ0v) is 14.3. The lowest BCUT2D eigenvalue weighted by molar-refractivity contribution is -0.123. The second kappa shape index (κ2) is 6.75. The van der Waals surface area contributed by atoms with Crippen LogP contribution in [0.25, 0.3) is 0 Å². The molecule has 3 rings (SSSR count). The average molecular weight is 329 g/mol. The SMILES string of the molecule is Cc1cc(C)n(CCC(=O)NC2(c3cccc(F)c3)CCCC2)n1. The van der Waals surface area contributed by atoms with Crippen molar-refractivity contribution >= 4 is 5.91 Å². The molecule has 0 saturated heterocycles. The maximum absolute atomic E-state index is 13.6. The first-order valence-electron chi connectivity index (χ1n) is 8.57. The Balaban J connectivity index is 1.69. The molecule has 24 heavy (non-hydrogen) atoms. The van der Waals surface area contributed by atoms with Crippen LogP contribution in [-0.4, -0.2) is 15.7 Å². The lowest BCUT2D eigenvalue weighted by atomic mass is 9.88. The molecule has 1 aromatic heterocycles. The molecule has 1 aliphatic carbocycles. The van der Waals surface area contributed by atoms with Crippen LogP contribution >= 0.6 is 0 Å². The van der Waals surface area contributed by atoms with Gasteiger partial charge in [0.1, 0.15) is 5.82 Å². The van der Waals surface area contributed by atoms with Gasteiger partial charge >= 0.3 is 0 Å². The molecular formula is C19H24FN3O. The fourth-order valence-electron chi connectivity index (χ4n) is 3.69. The van der Waals surface area contributed by atoms with Crippen molar-refractivity contribution in [3.63, 3.8) is 0 Å². The Kier molecular flexibility index (Phi) is 4.69. The summed E-state index contributed by atoms with van der Waals surface area (Å²) in [6.45, 7) is 4.49. The molecule has 0 radical (unpaired) electrons. The lowest BCUT2D eigenvalue weighted by Gasteiger charge is -2.31. The summed E-state index contributed by atoms with van der Waals surface area (Å²) in [5.41, 5.74) is 2.47. The second-order valence-corrected chi connectivity index (χ2v) is 6.75. The zero-order valence-electron chi connectivity index (χ0n) is 14.3. The topological polar surface area (TPSA) is 46.9 Å². The fraction of sp³-hybridized carbons (Fsp3) is 0.474. The van der Waals surface area contributed by atoms with Crippen LogP contribution in [0.2, 0.25) is 0 Å². The minimum Gasteiger partial charge on any atom is -0.347 e. The maximum Gasteiger partial charge on any atom is 0.222 e. The summed E-state index contributed by atoms with van der Waals surface area (Å²) < 4.78 is 15.5. The number of nitrogens with one attached hydrogen (secondary N) is 1. The van der Waals surface area contributed by atoms with E-state index >= 15 is 0 Å². The van der Waals surface area contributed by atoms with Crippen molar-refractivity contribution in [2.45, 2.75) is 58.0 Å². The molecule has 5 heteroatoms. The molecule has 128 valence electrons. The molecular weight excluding hydrogens is 305 g/mol. The van der Waals surface area contributed by atoms with Gasteiger partial charge in [-0.15, -0.1) is 0 Å². The molecule has 2 aromatic rings. The number of hydrogen-bond donors (Lipinski definition) is 1. The molecule has 1 amide bonds. The highest BCUT2D eigenvalue weighted by atomic mass is 19.1. The van der Waals surface area contributed by atoms with Crippen molar-refractivity contribution in [3.8, 4) is 0 Å². The van der Waals surface area contributed by atoms with E-state index in [9.17, 15) is 9.18 Å². The van der Waals surface area contributed by atoms with Crippen LogP contribution in [0.1, 0.15) is 49.1 Å². The van der Waals surface area contributed by atoms with Gasteiger partial charge in [0, 0.05) is 18.7 Å². The first kappa shape index (κ1) is 16.7. The second-order valence-electron chi connectivity index (χ2n) is 6.75. The minimum absolute atomic E-state index is 0.00582. The van der Waals surface area contributed by atoms with E-state index in [0.717, 1.165) is 42.6 Å². The summed E-state index contributed by atoms with van der Waals surface area (Å²) >= 11 is 0. The summed E-state index contributed by atoms with van der Waals surface area (Å²) in [5.74, 6) is -0.260. The van der Waals surface area contributed by atoms with Gasteiger partial charge in [-0.05, 0) is 50.5 Å². The molecule has 0 spiro atoms.